The van der Waals surface area contributed by atoms with E-state index in [-0.39, 0.29) is 13.0 Å². The van der Waals surface area contributed by atoms with Crippen molar-refractivity contribution in [3.05, 3.63) is 36.0 Å². The molecule has 0 saturated heterocycles. The van der Waals surface area contributed by atoms with Gasteiger partial charge in [0.25, 0.3) is 0 Å². The quantitative estimate of drug-likeness (QED) is 0.257. The number of benzene rings is 1. The van der Waals surface area contributed by atoms with Crippen molar-refractivity contribution in [2.24, 2.45) is 5.73 Å². The van der Waals surface area contributed by atoms with Gasteiger partial charge in [0.1, 0.15) is 18.1 Å². The number of aromatic amines is 1. The lowest BCUT2D eigenvalue weighted by molar-refractivity contribution is -0.142. The molecule has 3 atom stereocenters. The Bertz CT molecular complexity index is 963. The second-order valence-electron chi connectivity index (χ2n) is 7.30. The molecule has 0 aliphatic heterocycles. The Kier molecular flexibility index (Phi) is 9.54. The molecular weight excluding hydrogens is 434 g/mol. The molecule has 0 fully saturated rings. The molecule has 0 saturated carbocycles. The molecule has 32 heavy (non-hydrogen) atoms. The zero-order chi connectivity index (χ0) is 23.7. The van der Waals surface area contributed by atoms with Gasteiger partial charge in [0.15, 0.2) is 0 Å². The number of nitrogens with two attached hydrogens (primary N) is 1. The summed E-state index contributed by atoms with van der Waals surface area (Å²) in [6, 6.07) is 4.45. The number of amides is 3. The second kappa shape index (κ2) is 12.1. The number of carboxylic acid groups (broad SMARTS) is 1. The van der Waals surface area contributed by atoms with E-state index in [0.29, 0.717) is 12.2 Å². The Hall–Kier alpha value is -3.05. The number of hydrogen-bond donors (Lipinski definition) is 6. The third-order valence-electron chi connectivity index (χ3n) is 4.91. The van der Waals surface area contributed by atoms with Gasteiger partial charge in [-0.2, -0.15) is 11.8 Å². The lowest BCUT2D eigenvalue weighted by atomic mass is 10.0. The Morgan fingerprint density at radius 2 is 1.81 bits per heavy atom. The summed E-state index contributed by atoms with van der Waals surface area (Å²) < 4.78 is 0. The largest absolute Gasteiger partial charge is 0.480 e. The van der Waals surface area contributed by atoms with Crippen LogP contribution in [0.3, 0.4) is 0 Å². The highest BCUT2D eigenvalue weighted by atomic mass is 32.2. The third kappa shape index (κ3) is 6.99. The number of carbonyl (C=O) groups is 4. The van der Waals surface area contributed by atoms with Crippen molar-refractivity contribution in [3.63, 3.8) is 0 Å². The number of thioether (sulfide) groups is 1. The number of H-pyrrole nitrogens is 1. The van der Waals surface area contributed by atoms with Gasteiger partial charge in [-0.1, -0.05) is 18.2 Å². The van der Waals surface area contributed by atoms with E-state index in [0.717, 1.165) is 16.5 Å². The first-order valence-electron chi connectivity index (χ1n) is 10.1. The van der Waals surface area contributed by atoms with E-state index in [2.05, 4.69) is 20.9 Å². The van der Waals surface area contributed by atoms with E-state index in [1.54, 1.807) is 6.20 Å². The number of nitrogens with one attached hydrogen (secondary N) is 4. The molecule has 3 amide bonds. The molecule has 0 spiro atoms. The van der Waals surface area contributed by atoms with Crippen molar-refractivity contribution in [3.8, 4) is 0 Å². The van der Waals surface area contributed by atoms with Crippen molar-refractivity contribution in [1.82, 2.24) is 20.9 Å². The standard InChI is InChI=1S/C21H29N5O5S/c1-12(24-20(29)16(7-8-32-2)25-18(27)10-22)19(28)26-17(21(30)31)9-13-11-23-15-6-4-3-5-14(13)15/h3-6,11-12,16-17,23H,7-10,22H2,1-2H3,(H,24,29)(H,25,27)(H,26,28)(H,30,31). The van der Waals surface area contributed by atoms with Crippen molar-refractivity contribution in [2.45, 2.75) is 37.9 Å². The number of fused-ring (bicyclic) bond motifs is 1. The minimum absolute atomic E-state index is 0.0780. The van der Waals surface area contributed by atoms with Crippen LogP contribution >= 0.6 is 11.8 Å². The zero-order valence-electron chi connectivity index (χ0n) is 18.0. The van der Waals surface area contributed by atoms with Gasteiger partial charge >= 0.3 is 5.97 Å². The highest BCUT2D eigenvalue weighted by Gasteiger charge is 2.27. The van der Waals surface area contributed by atoms with Gasteiger partial charge in [-0.15, -0.1) is 0 Å². The first kappa shape index (κ1) is 25.2. The van der Waals surface area contributed by atoms with E-state index >= 15 is 0 Å². The molecule has 2 rings (SSSR count). The molecule has 2 aromatic rings. The van der Waals surface area contributed by atoms with Crippen LogP contribution in [-0.4, -0.2) is 70.5 Å². The van der Waals surface area contributed by atoms with E-state index in [9.17, 15) is 24.3 Å². The molecule has 0 radical (unpaired) electrons. The summed E-state index contributed by atoms with van der Waals surface area (Å²) in [5.41, 5.74) is 6.93. The van der Waals surface area contributed by atoms with Crippen LogP contribution in [0.2, 0.25) is 0 Å². The number of hydrogen-bond acceptors (Lipinski definition) is 6. The molecule has 0 aliphatic carbocycles. The number of para-hydroxylation sites is 1. The predicted octanol–water partition coefficient (Wildman–Crippen LogP) is -0.0189. The fourth-order valence-electron chi connectivity index (χ4n) is 3.15. The van der Waals surface area contributed by atoms with Gasteiger partial charge < -0.3 is 31.8 Å². The Morgan fingerprint density at radius 1 is 1.09 bits per heavy atom. The fraction of sp³-hybridized carbons (Fsp3) is 0.429. The zero-order valence-corrected chi connectivity index (χ0v) is 18.8. The van der Waals surface area contributed by atoms with Crippen molar-refractivity contribution >= 4 is 46.4 Å². The average molecular weight is 464 g/mol. The molecule has 10 nitrogen and oxygen atoms in total. The van der Waals surface area contributed by atoms with Crippen LogP contribution in [0.5, 0.6) is 0 Å². The molecule has 11 heteroatoms. The monoisotopic (exact) mass is 463 g/mol. The molecule has 1 aromatic carbocycles. The Balaban J connectivity index is 2.01. The molecule has 7 N–H and O–H groups in total. The van der Waals surface area contributed by atoms with Crippen LogP contribution in [0, 0.1) is 0 Å². The minimum Gasteiger partial charge on any atom is -0.480 e. The normalized spacial score (nSPS) is 13.7. The van der Waals surface area contributed by atoms with Crippen LogP contribution < -0.4 is 21.7 Å². The molecule has 0 aliphatic rings. The van der Waals surface area contributed by atoms with Crippen LogP contribution in [0.25, 0.3) is 10.9 Å². The van der Waals surface area contributed by atoms with Crippen LogP contribution in [0.4, 0.5) is 0 Å². The number of rotatable bonds is 12. The molecule has 0 bridgehead atoms. The van der Waals surface area contributed by atoms with Gasteiger partial charge in [-0.25, -0.2) is 4.79 Å². The lowest BCUT2D eigenvalue weighted by Gasteiger charge is -2.22. The number of carbonyl (C=O) groups excluding carboxylic acids is 3. The van der Waals surface area contributed by atoms with Crippen molar-refractivity contribution in [2.75, 3.05) is 18.6 Å². The summed E-state index contributed by atoms with van der Waals surface area (Å²) in [7, 11) is 0. The summed E-state index contributed by atoms with van der Waals surface area (Å²) in [5, 5.41) is 18.0. The maximum atomic E-state index is 12.6. The first-order valence-corrected chi connectivity index (χ1v) is 11.5. The van der Waals surface area contributed by atoms with Gasteiger partial charge in [-0.3, -0.25) is 14.4 Å². The van der Waals surface area contributed by atoms with E-state index < -0.39 is 41.8 Å². The van der Waals surface area contributed by atoms with Gasteiger partial charge in [0, 0.05) is 23.5 Å². The van der Waals surface area contributed by atoms with E-state index in [1.165, 1.54) is 18.7 Å². The number of aliphatic carboxylic acids is 1. The predicted molar refractivity (Wildman–Crippen MR) is 123 cm³/mol. The van der Waals surface area contributed by atoms with Gasteiger partial charge in [0.2, 0.25) is 17.7 Å². The van der Waals surface area contributed by atoms with Crippen molar-refractivity contribution < 1.29 is 24.3 Å². The Labute approximate surface area is 190 Å². The Morgan fingerprint density at radius 3 is 2.47 bits per heavy atom. The maximum absolute atomic E-state index is 12.6. The van der Waals surface area contributed by atoms with Crippen LogP contribution in [-0.2, 0) is 25.6 Å². The topological polar surface area (TPSA) is 166 Å². The molecule has 1 heterocycles. The summed E-state index contributed by atoms with van der Waals surface area (Å²) >= 11 is 1.51. The van der Waals surface area contributed by atoms with Crippen LogP contribution in [0.1, 0.15) is 18.9 Å². The SMILES string of the molecule is CSCCC(NC(=O)CN)C(=O)NC(C)C(=O)NC(Cc1c[nH]c2ccccc12)C(=O)O. The summed E-state index contributed by atoms with van der Waals surface area (Å²) in [4.78, 5) is 51.6. The maximum Gasteiger partial charge on any atom is 0.326 e. The van der Waals surface area contributed by atoms with Crippen molar-refractivity contribution in [1.29, 1.82) is 0 Å². The third-order valence-corrected chi connectivity index (χ3v) is 5.56. The summed E-state index contributed by atoms with van der Waals surface area (Å²) in [6.45, 7) is 1.20. The van der Waals surface area contributed by atoms with Gasteiger partial charge in [-0.05, 0) is 37.0 Å². The average Bonchev–Trinajstić information content (AvgIpc) is 3.18. The second-order valence-corrected chi connectivity index (χ2v) is 8.28. The highest BCUT2D eigenvalue weighted by Crippen LogP contribution is 2.19. The minimum atomic E-state index is -1.18. The van der Waals surface area contributed by atoms with E-state index in [4.69, 9.17) is 5.73 Å². The lowest BCUT2D eigenvalue weighted by Crippen LogP contribution is -2.55. The van der Waals surface area contributed by atoms with E-state index in [1.807, 2.05) is 30.5 Å². The molecule has 1 aromatic heterocycles. The molecule has 3 unspecified atom stereocenters. The smallest absolute Gasteiger partial charge is 0.326 e. The summed E-state index contributed by atoms with van der Waals surface area (Å²) in [5.74, 6) is -2.22. The molecule has 174 valence electrons. The summed E-state index contributed by atoms with van der Waals surface area (Å²) in [6.07, 6.45) is 4.03. The fourth-order valence-corrected chi connectivity index (χ4v) is 3.63. The number of aromatic nitrogens is 1. The first-order chi connectivity index (χ1) is 15.3. The van der Waals surface area contributed by atoms with Gasteiger partial charge in [0.05, 0.1) is 6.54 Å². The van der Waals surface area contributed by atoms with Crippen LogP contribution in [0.15, 0.2) is 30.5 Å². The molecular formula is C21H29N5O5S. The highest BCUT2D eigenvalue weighted by molar-refractivity contribution is 7.98. The number of carboxylic acids is 1.